The number of aromatic nitrogens is 6. The maximum absolute atomic E-state index is 11.7. The van der Waals surface area contributed by atoms with E-state index in [1.807, 2.05) is 22.8 Å². The lowest BCUT2D eigenvalue weighted by Crippen LogP contribution is -2.00. The number of nitrogens with zero attached hydrogens (tertiary/aromatic N) is 5. The van der Waals surface area contributed by atoms with E-state index in [0.29, 0.717) is 12.1 Å². The number of aliphatic hydroxyl groups is 1. The number of rotatable bonds is 5. The van der Waals surface area contributed by atoms with Gasteiger partial charge in [0.1, 0.15) is 5.76 Å². The highest BCUT2D eigenvalue weighted by Crippen LogP contribution is 2.13. The Kier molecular flexibility index (Phi) is 3.73. The summed E-state index contributed by atoms with van der Waals surface area (Å²) in [5, 5.41) is 22.6. The average Bonchev–Trinajstić information content (AvgIpc) is 3.19. The maximum atomic E-state index is 11.7. The molecule has 0 fully saturated rings. The molecule has 0 aliphatic heterocycles. The minimum atomic E-state index is -0.524. The Morgan fingerprint density at radius 1 is 1.36 bits per heavy atom. The molecule has 0 atom stereocenters. The summed E-state index contributed by atoms with van der Waals surface area (Å²) in [7, 11) is 0. The molecule has 3 aromatic rings. The first-order valence-corrected chi connectivity index (χ1v) is 6.47. The van der Waals surface area contributed by atoms with Gasteiger partial charge in [-0.15, -0.1) is 10.2 Å². The van der Waals surface area contributed by atoms with Gasteiger partial charge in [-0.05, 0) is 23.4 Å². The number of ketones is 1. The third kappa shape index (κ3) is 3.06. The molecule has 0 aromatic carbocycles. The van der Waals surface area contributed by atoms with E-state index in [9.17, 15) is 9.90 Å². The summed E-state index contributed by atoms with van der Waals surface area (Å²) in [4.78, 5) is 16.0. The Labute approximate surface area is 125 Å². The Morgan fingerprint density at radius 2 is 2.27 bits per heavy atom. The van der Waals surface area contributed by atoms with Crippen molar-refractivity contribution in [2.24, 2.45) is 0 Å². The SMILES string of the molecule is O=C(C=C(O)c1ccn(Cc2ccccn2)c1)c1nn[nH]n1. The van der Waals surface area contributed by atoms with Crippen LogP contribution in [0.5, 0.6) is 0 Å². The third-order valence-electron chi connectivity index (χ3n) is 2.95. The zero-order valence-corrected chi connectivity index (χ0v) is 11.4. The van der Waals surface area contributed by atoms with E-state index in [-0.39, 0.29) is 11.6 Å². The predicted octanol–water partition coefficient (Wildman–Crippen LogP) is 1.23. The van der Waals surface area contributed by atoms with Crippen LogP contribution in [0.3, 0.4) is 0 Å². The van der Waals surface area contributed by atoms with Crippen LogP contribution in [0.15, 0.2) is 48.9 Å². The monoisotopic (exact) mass is 296 g/mol. The van der Waals surface area contributed by atoms with E-state index in [0.717, 1.165) is 11.8 Å². The van der Waals surface area contributed by atoms with Gasteiger partial charge < -0.3 is 9.67 Å². The van der Waals surface area contributed by atoms with Gasteiger partial charge in [0.15, 0.2) is 0 Å². The van der Waals surface area contributed by atoms with Crippen LogP contribution in [0.2, 0.25) is 0 Å². The fourth-order valence-corrected chi connectivity index (χ4v) is 1.91. The summed E-state index contributed by atoms with van der Waals surface area (Å²) in [6, 6.07) is 7.38. The molecule has 0 unspecified atom stereocenters. The molecular formula is C14H12N6O2. The van der Waals surface area contributed by atoms with Gasteiger partial charge in [0.25, 0.3) is 0 Å². The van der Waals surface area contributed by atoms with Gasteiger partial charge in [0.2, 0.25) is 11.6 Å². The predicted molar refractivity (Wildman–Crippen MR) is 76.9 cm³/mol. The summed E-state index contributed by atoms with van der Waals surface area (Å²) in [5.41, 5.74) is 1.42. The molecule has 0 bridgehead atoms. The van der Waals surface area contributed by atoms with Crippen molar-refractivity contribution in [1.29, 1.82) is 0 Å². The van der Waals surface area contributed by atoms with Crippen LogP contribution < -0.4 is 0 Å². The van der Waals surface area contributed by atoms with Crippen molar-refractivity contribution in [3.05, 3.63) is 66.0 Å². The second kappa shape index (κ2) is 6.00. The third-order valence-corrected chi connectivity index (χ3v) is 2.95. The molecule has 8 heteroatoms. The lowest BCUT2D eigenvalue weighted by atomic mass is 10.2. The van der Waals surface area contributed by atoms with Crippen LogP contribution in [0.1, 0.15) is 21.9 Å². The molecule has 8 nitrogen and oxygen atoms in total. The van der Waals surface area contributed by atoms with Gasteiger partial charge in [-0.3, -0.25) is 9.78 Å². The fourth-order valence-electron chi connectivity index (χ4n) is 1.91. The van der Waals surface area contributed by atoms with Gasteiger partial charge in [0.05, 0.1) is 12.2 Å². The molecule has 0 aliphatic carbocycles. The van der Waals surface area contributed by atoms with Crippen molar-refractivity contribution in [3.63, 3.8) is 0 Å². The molecule has 0 spiro atoms. The molecule has 0 saturated heterocycles. The molecule has 22 heavy (non-hydrogen) atoms. The van der Waals surface area contributed by atoms with Crippen LogP contribution in [-0.4, -0.2) is 41.1 Å². The highest BCUT2D eigenvalue weighted by atomic mass is 16.3. The van der Waals surface area contributed by atoms with Gasteiger partial charge in [-0.2, -0.15) is 5.21 Å². The number of carbonyl (C=O) groups excluding carboxylic acids is 1. The zero-order chi connectivity index (χ0) is 15.4. The number of hydrogen-bond donors (Lipinski definition) is 2. The van der Waals surface area contributed by atoms with Gasteiger partial charge >= 0.3 is 0 Å². The number of carbonyl (C=O) groups is 1. The standard InChI is InChI=1S/C14H12N6O2/c21-12(7-13(22)14-16-18-19-17-14)10-4-6-20(8-10)9-11-3-1-2-5-15-11/h1-8,21H,9H2,(H,16,17,18,19). The first-order valence-electron chi connectivity index (χ1n) is 6.47. The highest BCUT2D eigenvalue weighted by molar-refractivity contribution is 6.05. The number of allylic oxidation sites excluding steroid dienone is 1. The van der Waals surface area contributed by atoms with E-state index < -0.39 is 5.78 Å². The lowest BCUT2D eigenvalue weighted by Gasteiger charge is -2.01. The molecule has 3 rings (SSSR count). The first-order chi connectivity index (χ1) is 10.7. The summed E-state index contributed by atoms with van der Waals surface area (Å²) < 4.78 is 1.86. The summed E-state index contributed by atoms with van der Waals surface area (Å²) in [6.45, 7) is 0.576. The highest BCUT2D eigenvalue weighted by Gasteiger charge is 2.11. The minimum Gasteiger partial charge on any atom is -0.507 e. The molecule has 0 aliphatic rings. The van der Waals surface area contributed by atoms with Crippen molar-refractivity contribution in [1.82, 2.24) is 30.2 Å². The summed E-state index contributed by atoms with van der Waals surface area (Å²) >= 11 is 0. The number of H-pyrrole nitrogens is 1. The van der Waals surface area contributed by atoms with Crippen LogP contribution in [0, 0.1) is 0 Å². The molecule has 110 valence electrons. The number of hydrogen-bond acceptors (Lipinski definition) is 6. The number of pyridine rings is 1. The van der Waals surface area contributed by atoms with Crippen molar-refractivity contribution in [3.8, 4) is 0 Å². The van der Waals surface area contributed by atoms with Crippen molar-refractivity contribution in [2.75, 3.05) is 0 Å². The minimum absolute atomic E-state index is 0.0977. The van der Waals surface area contributed by atoms with Crippen molar-refractivity contribution < 1.29 is 9.90 Å². The Morgan fingerprint density at radius 3 is 3.00 bits per heavy atom. The van der Waals surface area contributed by atoms with E-state index in [4.69, 9.17) is 0 Å². The first kappa shape index (κ1) is 13.7. The van der Waals surface area contributed by atoms with Crippen molar-refractivity contribution >= 4 is 11.5 Å². The quantitative estimate of drug-likeness (QED) is 0.416. The second-order valence-electron chi connectivity index (χ2n) is 4.52. The number of aromatic amines is 1. The molecule has 0 saturated carbocycles. The van der Waals surface area contributed by atoms with Gasteiger partial charge in [0, 0.05) is 30.2 Å². The van der Waals surface area contributed by atoms with E-state index in [1.165, 1.54) is 0 Å². The van der Waals surface area contributed by atoms with Crippen LogP contribution in [0.25, 0.3) is 5.76 Å². The Hall–Kier alpha value is -3.29. The van der Waals surface area contributed by atoms with Crippen LogP contribution in [-0.2, 0) is 6.54 Å². The zero-order valence-electron chi connectivity index (χ0n) is 11.4. The smallest absolute Gasteiger partial charge is 0.244 e. The summed E-state index contributed by atoms with van der Waals surface area (Å²) in [6.07, 6.45) is 6.31. The van der Waals surface area contributed by atoms with Gasteiger partial charge in [-0.25, -0.2) is 0 Å². The maximum Gasteiger partial charge on any atom is 0.244 e. The van der Waals surface area contributed by atoms with Crippen LogP contribution >= 0.6 is 0 Å². The second-order valence-corrected chi connectivity index (χ2v) is 4.52. The molecule has 3 heterocycles. The number of aliphatic hydroxyl groups excluding tert-OH is 1. The number of nitrogens with one attached hydrogen (secondary N) is 1. The molecule has 3 aromatic heterocycles. The van der Waals surface area contributed by atoms with E-state index in [1.54, 1.807) is 24.7 Å². The Balaban J connectivity index is 1.74. The fraction of sp³-hybridized carbons (Fsp3) is 0.0714. The van der Waals surface area contributed by atoms with Crippen molar-refractivity contribution in [2.45, 2.75) is 6.54 Å². The van der Waals surface area contributed by atoms with E-state index in [2.05, 4.69) is 25.6 Å². The molecule has 2 N–H and O–H groups in total. The average molecular weight is 296 g/mol. The van der Waals surface area contributed by atoms with Crippen LogP contribution in [0.4, 0.5) is 0 Å². The number of tetrazole rings is 1. The normalized spacial score (nSPS) is 11.5. The largest absolute Gasteiger partial charge is 0.507 e. The summed E-state index contributed by atoms with van der Waals surface area (Å²) in [5.74, 6) is -0.780. The van der Waals surface area contributed by atoms with E-state index >= 15 is 0 Å². The molecule has 0 amide bonds. The Bertz CT molecular complexity index is 792. The lowest BCUT2D eigenvalue weighted by molar-refractivity contribution is 0.103. The topological polar surface area (TPSA) is 110 Å². The van der Waals surface area contributed by atoms with Gasteiger partial charge in [-0.1, -0.05) is 6.07 Å². The molecular weight excluding hydrogens is 284 g/mol. The molecule has 0 radical (unpaired) electrons.